The first-order chi connectivity index (χ1) is 5.29. The zero-order chi connectivity index (χ0) is 7.84. The summed E-state index contributed by atoms with van der Waals surface area (Å²) in [6, 6.07) is 1.87. The van der Waals surface area contributed by atoms with Crippen LogP contribution >= 0.6 is 11.3 Å². The molecule has 0 bridgehead atoms. The number of pyridine rings is 1. The predicted octanol–water partition coefficient (Wildman–Crippen LogP) is 1.46. The molecule has 0 unspecified atom stereocenters. The van der Waals surface area contributed by atoms with E-state index in [0.717, 1.165) is 10.1 Å². The Morgan fingerprint density at radius 3 is 2.91 bits per heavy atom. The van der Waals surface area contributed by atoms with Crippen LogP contribution in [-0.4, -0.2) is 4.98 Å². The van der Waals surface area contributed by atoms with Crippen molar-refractivity contribution in [1.29, 1.82) is 0 Å². The van der Waals surface area contributed by atoms with Gasteiger partial charge in [-0.1, -0.05) is 0 Å². The van der Waals surface area contributed by atoms with Crippen LogP contribution in [0.15, 0.2) is 18.5 Å². The third kappa shape index (κ3) is 0.832. The molecule has 0 radical (unpaired) electrons. The van der Waals surface area contributed by atoms with E-state index in [0.29, 0.717) is 10.7 Å². The maximum atomic E-state index is 5.70. The molecule has 11 heavy (non-hydrogen) atoms. The number of nitrogens with zero attached hydrogens (tertiary/aromatic N) is 1. The lowest BCUT2D eigenvalue weighted by molar-refractivity contribution is 1.37. The second kappa shape index (κ2) is 2.10. The van der Waals surface area contributed by atoms with Crippen LogP contribution in [0.5, 0.6) is 0 Å². The predicted molar refractivity (Wildman–Crippen MR) is 48.4 cm³/mol. The average Bonchev–Trinajstić information content (AvgIpc) is 2.30. The normalized spacial score (nSPS) is 10.5. The lowest BCUT2D eigenvalue weighted by Crippen LogP contribution is -1.87. The van der Waals surface area contributed by atoms with E-state index in [1.54, 1.807) is 12.4 Å². The lowest BCUT2D eigenvalue weighted by Gasteiger charge is -1.88. The number of aromatic nitrogens is 1. The van der Waals surface area contributed by atoms with Crippen molar-refractivity contribution in [2.45, 2.75) is 0 Å². The fourth-order valence-electron chi connectivity index (χ4n) is 0.990. The van der Waals surface area contributed by atoms with Gasteiger partial charge < -0.3 is 11.5 Å². The van der Waals surface area contributed by atoms with E-state index >= 15 is 0 Å². The second-order valence-corrected chi connectivity index (χ2v) is 3.34. The number of thiophene rings is 1. The Labute approximate surface area is 67.7 Å². The Morgan fingerprint density at radius 2 is 2.18 bits per heavy atom. The SMILES string of the molecule is Nc1sc2cnccc2c1N. The average molecular weight is 165 g/mol. The molecule has 2 aromatic heterocycles. The van der Waals surface area contributed by atoms with Crippen LogP contribution in [0.3, 0.4) is 0 Å². The number of nitrogens with two attached hydrogens (primary N) is 2. The van der Waals surface area contributed by atoms with Gasteiger partial charge in [-0.3, -0.25) is 4.98 Å². The minimum atomic E-state index is 0.674. The Bertz CT molecular complexity index is 393. The molecule has 4 heteroatoms. The highest BCUT2D eigenvalue weighted by Gasteiger charge is 2.04. The van der Waals surface area contributed by atoms with Crippen LogP contribution in [0.25, 0.3) is 10.1 Å². The van der Waals surface area contributed by atoms with E-state index in [4.69, 9.17) is 11.5 Å². The Hall–Kier alpha value is -1.29. The summed E-state index contributed by atoms with van der Waals surface area (Å²) in [5.74, 6) is 0. The molecule has 56 valence electrons. The highest BCUT2D eigenvalue weighted by atomic mass is 32.1. The van der Waals surface area contributed by atoms with E-state index in [-0.39, 0.29) is 0 Å². The fraction of sp³-hybridized carbons (Fsp3) is 0. The monoisotopic (exact) mass is 165 g/mol. The van der Waals surface area contributed by atoms with Crippen LogP contribution in [0.2, 0.25) is 0 Å². The molecule has 0 aromatic carbocycles. The number of hydrogen-bond acceptors (Lipinski definition) is 4. The first-order valence-electron chi connectivity index (χ1n) is 3.16. The van der Waals surface area contributed by atoms with E-state index in [2.05, 4.69) is 4.98 Å². The van der Waals surface area contributed by atoms with Gasteiger partial charge in [0, 0.05) is 17.8 Å². The lowest BCUT2D eigenvalue weighted by atomic mass is 10.3. The zero-order valence-corrected chi connectivity index (χ0v) is 6.56. The third-order valence-electron chi connectivity index (χ3n) is 1.56. The number of hydrogen-bond donors (Lipinski definition) is 2. The van der Waals surface area contributed by atoms with Gasteiger partial charge in [0.25, 0.3) is 0 Å². The Morgan fingerprint density at radius 1 is 1.36 bits per heavy atom. The summed E-state index contributed by atoms with van der Waals surface area (Å²) >= 11 is 1.47. The number of fused-ring (bicyclic) bond motifs is 1. The number of anilines is 2. The zero-order valence-electron chi connectivity index (χ0n) is 5.74. The van der Waals surface area contributed by atoms with Crippen molar-refractivity contribution in [3.05, 3.63) is 18.5 Å². The molecule has 0 saturated heterocycles. The van der Waals surface area contributed by atoms with Crippen LogP contribution in [0, 0.1) is 0 Å². The molecule has 0 fully saturated rings. The van der Waals surface area contributed by atoms with E-state index in [9.17, 15) is 0 Å². The molecule has 0 spiro atoms. The summed E-state index contributed by atoms with van der Waals surface area (Å²) < 4.78 is 1.04. The van der Waals surface area contributed by atoms with Gasteiger partial charge in [0.05, 0.1) is 10.4 Å². The molecule has 4 N–H and O–H groups in total. The molecule has 2 heterocycles. The molecule has 0 aliphatic rings. The van der Waals surface area contributed by atoms with Gasteiger partial charge >= 0.3 is 0 Å². The van der Waals surface area contributed by atoms with Crippen molar-refractivity contribution >= 4 is 32.1 Å². The van der Waals surface area contributed by atoms with E-state index in [1.165, 1.54) is 11.3 Å². The summed E-state index contributed by atoms with van der Waals surface area (Å²) in [7, 11) is 0. The first kappa shape index (κ1) is 6.42. The molecule has 0 atom stereocenters. The summed E-state index contributed by atoms with van der Waals surface area (Å²) in [6.07, 6.45) is 3.48. The maximum absolute atomic E-state index is 5.70. The van der Waals surface area contributed by atoms with Gasteiger partial charge in [-0.15, -0.1) is 11.3 Å². The minimum absolute atomic E-state index is 0.674. The van der Waals surface area contributed by atoms with Gasteiger partial charge in [0.1, 0.15) is 5.00 Å². The smallest absolute Gasteiger partial charge is 0.110 e. The number of rotatable bonds is 0. The fourth-order valence-corrected chi connectivity index (χ4v) is 1.85. The van der Waals surface area contributed by atoms with Crippen molar-refractivity contribution < 1.29 is 0 Å². The summed E-state index contributed by atoms with van der Waals surface area (Å²) in [5.41, 5.74) is 12.0. The molecular formula is C7H7N3S. The molecule has 3 nitrogen and oxygen atoms in total. The second-order valence-electron chi connectivity index (χ2n) is 2.25. The van der Waals surface area contributed by atoms with Gasteiger partial charge in [0.2, 0.25) is 0 Å². The van der Waals surface area contributed by atoms with Crippen molar-refractivity contribution in [1.82, 2.24) is 4.98 Å². The Balaban J connectivity index is 2.92. The highest BCUT2D eigenvalue weighted by molar-refractivity contribution is 7.23. The molecule has 0 aliphatic carbocycles. The molecule has 2 rings (SSSR count). The molecule has 0 saturated carbocycles. The molecule has 2 aromatic rings. The molecule has 0 amide bonds. The van der Waals surface area contributed by atoms with Crippen LogP contribution < -0.4 is 11.5 Å². The number of nitrogen functional groups attached to an aromatic ring is 2. The van der Waals surface area contributed by atoms with Crippen molar-refractivity contribution in [2.75, 3.05) is 11.5 Å². The van der Waals surface area contributed by atoms with Crippen LogP contribution in [-0.2, 0) is 0 Å². The summed E-state index contributed by atoms with van der Waals surface area (Å²) in [4.78, 5) is 3.97. The van der Waals surface area contributed by atoms with Crippen molar-refractivity contribution in [2.24, 2.45) is 0 Å². The quantitative estimate of drug-likeness (QED) is 0.621. The minimum Gasteiger partial charge on any atom is -0.396 e. The van der Waals surface area contributed by atoms with Crippen molar-refractivity contribution in [3.63, 3.8) is 0 Å². The standard InChI is InChI=1S/C7H7N3S/c8-6-4-1-2-10-3-5(4)11-7(6)9/h1-3H,8-9H2. The third-order valence-corrected chi connectivity index (χ3v) is 2.55. The van der Waals surface area contributed by atoms with Crippen molar-refractivity contribution in [3.8, 4) is 0 Å². The first-order valence-corrected chi connectivity index (χ1v) is 3.98. The highest BCUT2D eigenvalue weighted by Crippen LogP contribution is 2.34. The van der Waals surface area contributed by atoms with Crippen LogP contribution in [0.1, 0.15) is 0 Å². The van der Waals surface area contributed by atoms with Gasteiger partial charge in [-0.25, -0.2) is 0 Å². The Kier molecular flexibility index (Phi) is 1.22. The van der Waals surface area contributed by atoms with Crippen LogP contribution in [0.4, 0.5) is 10.7 Å². The van der Waals surface area contributed by atoms with E-state index in [1.807, 2.05) is 6.07 Å². The molecular weight excluding hydrogens is 158 g/mol. The van der Waals surface area contributed by atoms with Gasteiger partial charge in [-0.05, 0) is 6.07 Å². The van der Waals surface area contributed by atoms with Gasteiger partial charge in [-0.2, -0.15) is 0 Å². The maximum Gasteiger partial charge on any atom is 0.110 e. The summed E-state index contributed by atoms with van der Waals surface area (Å²) in [6.45, 7) is 0. The topological polar surface area (TPSA) is 64.9 Å². The largest absolute Gasteiger partial charge is 0.396 e. The summed E-state index contributed by atoms with van der Waals surface area (Å²) in [5, 5.41) is 1.68. The molecule has 0 aliphatic heterocycles. The van der Waals surface area contributed by atoms with E-state index < -0.39 is 0 Å². The van der Waals surface area contributed by atoms with Gasteiger partial charge in [0.15, 0.2) is 0 Å².